The molecule has 0 radical (unpaired) electrons. The number of rotatable bonds is 4. The van der Waals surface area contributed by atoms with Gasteiger partial charge in [-0.1, -0.05) is 29.5 Å². The molecule has 1 aliphatic rings. The molecule has 0 amide bonds. The van der Waals surface area contributed by atoms with Crippen molar-refractivity contribution in [1.82, 2.24) is 15.0 Å². The van der Waals surface area contributed by atoms with Gasteiger partial charge in [0.05, 0.1) is 15.6 Å². The van der Waals surface area contributed by atoms with Gasteiger partial charge in [0, 0.05) is 6.54 Å². The molecule has 0 spiro atoms. The van der Waals surface area contributed by atoms with Crippen molar-refractivity contribution in [1.29, 1.82) is 0 Å². The second-order valence-corrected chi connectivity index (χ2v) is 7.94. The Morgan fingerprint density at radius 1 is 1.25 bits per heavy atom. The van der Waals surface area contributed by atoms with Gasteiger partial charge in [0.2, 0.25) is 0 Å². The van der Waals surface area contributed by atoms with E-state index >= 15 is 0 Å². The molecule has 1 N–H and O–H groups in total. The maximum Gasteiger partial charge on any atom is 0.127 e. The maximum atomic E-state index is 10.3. The Balaban J connectivity index is 1.78. The van der Waals surface area contributed by atoms with Gasteiger partial charge in [-0.15, -0.1) is 5.10 Å². The quantitative estimate of drug-likeness (QED) is 0.719. The molecule has 2 aromatic carbocycles. The lowest BCUT2D eigenvalue weighted by atomic mass is 9.94. The zero-order chi connectivity index (χ0) is 16.9. The molecule has 0 aliphatic heterocycles. The van der Waals surface area contributed by atoms with Crippen LogP contribution < -0.4 is 0 Å². The van der Waals surface area contributed by atoms with E-state index in [0.717, 1.165) is 44.7 Å². The normalized spacial score (nSPS) is 15.2. The molecule has 3 aromatic rings. The first-order chi connectivity index (χ1) is 11.4. The summed E-state index contributed by atoms with van der Waals surface area (Å²) in [5, 5.41) is 19.0. The summed E-state index contributed by atoms with van der Waals surface area (Å²) in [5.74, 6) is 0.761. The van der Waals surface area contributed by atoms with Crippen molar-refractivity contribution in [2.45, 2.75) is 38.8 Å². The van der Waals surface area contributed by atoms with E-state index in [1.165, 1.54) is 12.8 Å². The lowest BCUT2D eigenvalue weighted by Gasteiger charge is -2.19. The van der Waals surface area contributed by atoms with Crippen molar-refractivity contribution in [3.8, 4) is 11.1 Å². The Labute approximate surface area is 149 Å². The van der Waals surface area contributed by atoms with E-state index in [0.29, 0.717) is 0 Å². The van der Waals surface area contributed by atoms with Gasteiger partial charge in [0.1, 0.15) is 5.52 Å². The fraction of sp³-hybridized carbons (Fsp3) is 0.368. The van der Waals surface area contributed by atoms with Crippen molar-refractivity contribution in [3.63, 3.8) is 0 Å². The second-order valence-electron chi connectivity index (χ2n) is 7.15. The number of hydrogen-bond donors (Lipinski definition) is 1. The lowest BCUT2D eigenvalue weighted by molar-refractivity contribution is 0.0786. The molecule has 4 rings (SSSR count). The number of hydrogen-bond acceptors (Lipinski definition) is 3. The standard InChI is InChI=1S/C19H20BrN3O/c1-19(2,24)14-5-3-4-13(10-14)15-8-9-16-18(17(15)20)21-22-23(16)11-12-6-7-12/h3-5,8-10,12,24H,6-7,11H2,1-2H3. The minimum atomic E-state index is -0.861. The van der Waals surface area contributed by atoms with Crippen LogP contribution in [0.1, 0.15) is 32.3 Å². The van der Waals surface area contributed by atoms with Gasteiger partial charge in [-0.2, -0.15) is 0 Å². The molecule has 0 bridgehead atoms. The first-order valence-corrected chi connectivity index (χ1v) is 9.08. The first-order valence-electron chi connectivity index (χ1n) is 8.28. The van der Waals surface area contributed by atoms with Gasteiger partial charge in [-0.25, -0.2) is 4.68 Å². The van der Waals surface area contributed by atoms with Crippen LogP contribution in [-0.2, 0) is 12.1 Å². The predicted octanol–water partition coefficient (Wildman–Crippen LogP) is 4.50. The third-order valence-electron chi connectivity index (χ3n) is 4.63. The highest BCUT2D eigenvalue weighted by Gasteiger charge is 2.24. The second kappa shape index (κ2) is 5.67. The largest absolute Gasteiger partial charge is 0.386 e. The molecule has 5 heteroatoms. The number of nitrogens with zero attached hydrogens (tertiary/aromatic N) is 3. The van der Waals surface area contributed by atoms with Crippen molar-refractivity contribution in [3.05, 3.63) is 46.4 Å². The number of aliphatic hydroxyl groups is 1. The van der Waals surface area contributed by atoms with Crippen LogP contribution in [0.2, 0.25) is 0 Å². The molecular formula is C19H20BrN3O. The average Bonchev–Trinajstić information content (AvgIpc) is 3.26. The number of aromatic nitrogens is 3. The number of fused-ring (bicyclic) bond motifs is 1. The molecule has 1 aliphatic carbocycles. The maximum absolute atomic E-state index is 10.3. The van der Waals surface area contributed by atoms with Gasteiger partial charge in [-0.05, 0) is 77.4 Å². The highest BCUT2D eigenvalue weighted by atomic mass is 79.9. The summed E-state index contributed by atoms with van der Waals surface area (Å²) in [7, 11) is 0. The topological polar surface area (TPSA) is 50.9 Å². The molecule has 1 aromatic heterocycles. The SMILES string of the molecule is CC(C)(O)c1cccc(-c2ccc3c(nnn3CC3CC3)c2Br)c1. The molecule has 24 heavy (non-hydrogen) atoms. The summed E-state index contributed by atoms with van der Waals surface area (Å²) in [5.41, 5.74) is 4.11. The van der Waals surface area contributed by atoms with Crippen LogP contribution in [0.4, 0.5) is 0 Å². The third-order valence-corrected chi connectivity index (χ3v) is 5.44. The van der Waals surface area contributed by atoms with Crippen molar-refractivity contribution in [2.75, 3.05) is 0 Å². The van der Waals surface area contributed by atoms with E-state index in [2.05, 4.69) is 44.4 Å². The Bertz CT molecular complexity index is 907. The highest BCUT2D eigenvalue weighted by Crippen LogP contribution is 2.36. The lowest BCUT2D eigenvalue weighted by Crippen LogP contribution is -2.15. The number of benzene rings is 2. The van der Waals surface area contributed by atoms with E-state index < -0.39 is 5.60 Å². The number of halogens is 1. The van der Waals surface area contributed by atoms with Gasteiger partial charge in [-0.3, -0.25) is 0 Å². The monoisotopic (exact) mass is 385 g/mol. The summed E-state index contributed by atoms with van der Waals surface area (Å²) < 4.78 is 2.96. The highest BCUT2D eigenvalue weighted by molar-refractivity contribution is 9.10. The Kier molecular flexibility index (Phi) is 3.73. The van der Waals surface area contributed by atoms with Crippen LogP contribution in [0.15, 0.2) is 40.9 Å². The van der Waals surface area contributed by atoms with Crippen LogP contribution in [0.3, 0.4) is 0 Å². The summed E-state index contributed by atoms with van der Waals surface area (Å²) in [6.07, 6.45) is 2.59. The van der Waals surface area contributed by atoms with Gasteiger partial charge in [0.15, 0.2) is 0 Å². The molecule has 1 saturated carbocycles. The Morgan fingerprint density at radius 2 is 2.04 bits per heavy atom. The Hall–Kier alpha value is -1.72. The van der Waals surface area contributed by atoms with E-state index in [4.69, 9.17) is 0 Å². The molecule has 1 fully saturated rings. The van der Waals surface area contributed by atoms with E-state index in [1.54, 1.807) is 13.8 Å². The summed E-state index contributed by atoms with van der Waals surface area (Å²) in [6, 6.07) is 12.2. The molecule has 0 saturated heterocycles. The van der Waals surface area contributed by atoms with Crippen molar-refractivity contribution >= 4 is 27.0 Å². The summed E-state index contributed by atoms with van der Waals surface area (Å²) in [4.78, 5) is 0. The molecule has 124 valence electrons. The minimum Gasteiger partial charge on any atom is -0.386 e. The zero-order valence-corrected chi connectivity index (χ0v) is 15.4. The minimum absolute atomic E-state index is 0.761. The van der Waals surface area contributed by atoms with Gasteiger partial charge < -0.3 is 5.11 Å². The van der Waals surface area contributed by atoms with Gasteiger partial charge in [0.25, 0.3) is 0 Å². The van der Waals surface area contributed by atoms with Crippen LogP contribution in [0, 0.1) is 5.92 Å². The summed E-state index contributed by atoms with van der Waals surface area (Å²) >= 11 is 3.71. The summed E-state index contributed by atoms with van der Waals surface area (Å²) in [6.45, 7) is 4.55. The third kappa shape index (κ3) is 2.87. The Morgan fingerprint density at radius 3 is 2.75 bits per heavy atom. The molecule has 0 atom stereocenters. The molecule has 0 unspecified atom stereocenters. The average molecular weight is 386 g/mol. The van der Waals surface area contributed by atoms with Crippen LogP contribution in [0.25, 0.3) is 22.2 Å². The zero-order valence-electron chi connectivity index (χ0n) is 13.8. The van der Waals surface area contributed by atoms with Gasteiger partial charge >= 0.3 is 0 Å². The fourth-order valence-electron chi connectivity index (χ4n) is 2.97. The fourth-order valence-corrected chi connectivity index (χ4v) is 3.62. The van der Waals surface area contributed by atoms with E-state index in [1.807, 2.05) is 22.9 Å². The molecule has 4 nitrogen and oxygen atoms in total. The van der Waals surface area contributed by atoms with E-state index in [9.17, 15) is 5.11 Å². The van der Waals surface area contributed by atoms with Crippen LogP contribution >= 0.6 is 15.9 Å². The first kappa shape index (κ1) is 15.8. The van der Waals surface area contributed by atoms with Crippen LogP contribution in [0.5, 0.6) is 0 Å². The van der Waals surface area contributed by atoms with E-state index in [-0.39, 0.29) is 0 Å². The van der Waals surface area contributed by atoms with Crippen molar-refractivity contribution < 1.29 is 5.11 Å². The molecular weight excluding hydrogens is 366 g/mol. The van der Waals surface area contributed by atoms with Crippen molar-refractivity contribution in [2.24, 2.45) is 5.92 Å². The predicted molar refractivity (Wildman–Crippen MR) is 98.6 cm³/mol. The smallest absolute Gasteiger partial charge is 0.127 e. The van der Waals surface area contributed by atoms with Crippen LogP contribution in [-0.4, -0.2) is 20.1 Å². The molecule has 1 heterocycles.